The Morgan fingerprint density at radius 3 is 1.69 bits per heavy atom. The molecule has 228 valence electrons. The van der Waals surface area contributed by atoms with Crippen molar-refractivity contribution >= 4 is 23.5 Å². The third-order valence-corrected chi connectivity index (χ3v) is 7.66. The summed E-state index contributed by atoms with van der Waals surface area (Å²) >= 11 is 1.55. The number of carbonyl (C=O) groups is 2. The number of carbonyl (C=O) groups excluding carboxylic acids is 2. The second kappa shape index (κ2) is 27.1. The van der Waals surface area contributed by atoms with Crippen LogP contribution in [0.5, 0.6) is 0 Å². The van der Waals surface area contributed by atoms with Crippen molar-refractivity contribution in [3.8, 4) is 0 Å². The summed E-state index contributed by atoms with van der Waals surface area (Å²) in [4.78, 5) is 23.8. The van der Waals surface area contributed by atoms with Crippen molar-refractivity contribution in [3.63, 3.8) is 0 Å². The molecule has 0 radical (unpaired) electrons. The number of hydrogen-bond donors (Lipinski definition) is 2. The normalized spacial score (nSPS) is 11.5. The molecule has 1 rings (SSSR count). The molecular weight excluding hydrogens is 629 g/mol. The van der Waals surface area contributed by atoms with Crippen LogP contribution in [0.25, 0.3) is 0 Å². The average molecular weight is 684 g/mol. The van der Waals surface area contributed by atoms with Gasteiger partial charge in [-0.3, -0.25) is 0 Å². The number of thiazole rings is 1. The van der Waals surface area contributed by atoms with E-state index in [1.165, 1.54) is 97.0 Å². The minimum absolute atomic E-state index is 0. The first-order chi connectivity index (χ1) is 18.6. The zero-order chi connectivity index (χ0) is 27.7. The number of rotatable bonds is 24. The van der Waals surface area contributed by atoms with E-state index in [0.717, 1.165) is 17.8 Å². The van der Waals surface area contributed by atoms with Gasteiger partial charge in [-0.05, 0) is 6.42 Å². The molecule has 39 heavy (non-hydrogen) atoms. The first-order valence-electron chi connectivity index (χ1n) is 14.8. The molecule has 1 aromatic rings. The number of amides is 2. The maximum absolute atomic E-state index is 11.9. The Hall–Kier alpha value is -1.14. The molecule has 0 aromatic carbocycles. The lowest BCUT2D eigenvalue weighted by molar-refractivity contribution is -0.674. The van der Waals surface area contributed by atoms with Crippen LogP contribution in [0.2, 0.25) is 0 Å². The van der Waals surface area contributed by atoms with Crippen LogP contribution in [-0.2, 0) is 27.8 Å². The van der Waals surface area contributed by atoms with Crippen LogP contribution >= 0.6 is 11.3 Å². The highest BCUT2D eigenvalue weighted by Gasteiger charge is 2.15. The molecule has 0 bridgehead atoms. The van der Waals surface area contributed by atoms with E-state index in [4.69, 9.17) is 14.2 Å². The summed E-state index contributed by atoms with van der Waals surface area (Å²) in [5.74, 6) is 0. The van der Waals surface area contributed by atoms with Crippen molar-refractivity contribution in [3.05, 3.63) is 16.6 Å². The molecule has 0 fully saturated rings. The molecule has 8 nitrogen and oxygen atoms in total. The molecule has 1 heterocycles. The Balaban J connectivity index is 0.0000144. The Morgan fingerprint density at radius 1 is 0.795 bits per heavy atom. The Kier molecular flexibility index (Phi) is 26.3. The Labute approximate surface area is 258 Å². The SMILES string of the molecule is CCCCCCCCCCCCCCCCCCNC(=O)OCC(COC(=O)NCc1scc[n+]1C)OC.[I-]. The van der Waals surface area contributed by atoms with Crippen molar-refractivity contribution in [1.29, 1.82) is 0 Å². The number of alkyl carbamates (subject to hydrolysis) is 2. The van der Waals surface area contributed by atoms with Crippen molar-refractivity contribution in [1.82, 2.24) is 10.6 Å². The van der Waals surface area contributed by atoms with E-state index in [2.05, 4.69) is 17.6 Å². The van der Waals surface area contributed by atoms with Gasteiger partial charge >= 0.3 is 12.2 Å². The smallest absolute Gasteiger partial charge is 0.407 e. The second-order valence-electron chi connectivity index (χ2n) is 10.0. The monoisotopic (exact) mass is 683 g/mol. The number of methoxy groups -OCH3 is 1. The van der Waals surface area contributed by atoms with Crippen LogP contribution in [0.4, 0.5) is 9.59 Å². The number of nitrogens with one attached hydrogen (secondary N) is 2. The average Bonchev–Trinajstić information content (AvgIpc) is 3.33. The molecule has 0 saturated carbocycles. The predicted molar refractivity (Wildman–Crippen MR) is 153 cm³/mol. The van der Waals surface area contributed by atoms with E-state index in [0.29, 0.717) is 13.1 Å². The standard InChI is InChI=1S/C29H53N3O5S.HI/c1-4-5-6-7-8-9-10-11-12-13-14-15-16-17-18-19-20-30-28(33)36-24-26(35-3)25-37-29(34)31-23-27-32(2)21-22-38-27;/h21-22,26H,4-20,23-25H2,1-3H3,(H-,30,31,33,34);1H. The molecule has 1 atom stereocenters. The molecule has 1 unspecified atom stereocenters. The highest BCUT2D eigenvalue weighted by molar-refractivity contribution is 7.09. The fraction of sp³-hybridized carbons (Fsp3) is 0.828. The summed E-state index contributed by atoms with van der Waals surface area (Å²) < 4.78 is 17.6. The van der Waals surface area contributed by atoms with Crippen molar-refractivity contribution < 1.29 is 52.3 Å². The molecule has 10 heteroatoms. The largest absolute Gasteiger partial charge is 1.00 e. The number of aromatic nitrogens is 1. The van der Waals surface area contributed by atoms with Crippen LogP contribution in [0.3, 0.4) is 0 Å². The van der Waals surface area contributed by atoms with Gasteiger partial charge in [0.05, 0.1) is 5.38 Å². The molecule has 0 spiro atoms. The predicted octanol–water partition coefficient (Wildman–Crippen LogP) is 3.81. The summed E-state index contributed by atoms with van der Waals surface area (Å²) in [5.41, 5.74) is 0. The van der Waals surface area contributed by atoms with Gasteiger partial charge in [-0.2, -0.15) is 4.57 Å². The number of aryl methyl sites for hydroxylation is 1. The molecule has 0 aliphatic heterocycles. The van der Waals surface area contributed by atoms with E-state index >= 15 is 0 Å². The molecule has 2 amide bonds. The van der Waals surface area contributed by atoms with Gasteiger partial charge in [0.25, 0.3) is 5.01 Å². The first kappa shape index (κ1) is 37.9. The first-order valence-corrected chi connectivity index (χ1v) is 15.7. The minimum atomic E-state index is -0.534. The molecule has 0 saturated heterocycles. The molecule has 0 aliphatic carbocycles. The van der Waals surface area contributed by atoms with E-state index in [9.17, 15) is 9.59 Å². The van der Waals surface area contributed by atoms with Gasteiger partial charge < -0.3 is 48.8 Å². The van der Waals surface area contributed by atoms with E-state index in [-0.39, 0.29) is 37.2 Å². The van der Waals surface area contributed by atoms with E-state index in [1.54, 1.807) is 11.3 Å². The number of ether oxygens (including phenoxy) is 3. The van der Waals surface area contributed by atoms with Gasteiger partial charge in [-0.1, -0.05) is 115 Å². The zero-order valence-electron chi connectivity index (χ0n) is 24.6. The molecule has 2 N–H and O–H groups in total. The number of halogens is 1. The maximum atomic E-state index is 11.9. The van der Waals surface area contributed by atoms with Gasteiger partial charge in [0, 0.05) is 13.7 Å². The fourth-order valence-electron chi connectivity index (χ4n) is 4.17. The maximum Gasteiger partial charge on any atom is 0.407 e. The summed E-state index contributed by atoms with van der Waals surface area (Å²) in [6.07, 6.45) is 21.6. The summed E-state index contributed by atoms with van der Waals surface area (Å²) in [6, 6.07) is 0. The van der Waals surface area contributed by atoms with Gasteiger partial charge in [0.1, 0.15) is 32.9 Å². The molecular formula is C29H54IN3O5S. The summed E-state index contributed by atoms with van der Waals surface area (Å²) in [7, 11) is 3.41. The second-order valence-corrected chi connectivity index (χ2v) is 11.0. The van der Waals surface area contributed by atoms with Crippen molar-refractivity contribution in [2.24, 2.45) is 7.05 Å². The van der Waals surface area contributed by atoms with Crippen LogP contribution in [0.15, 0.2) is 11.6 Å². The lowest BCUT2D eigenvalue weighted by Crippen LogP contribution is -3.00. The lowest BCUT2D eigenvalue weighted by Gasteiger charge is -2.16. The minimum Gasteiger partial charge on any atom is -1.00 e. The topological polar surface area (TPSA) is 89.8 Å². The number of hydrogen-bond acceptors (Lipinski definition) is 6. The summed E-state index contributed by atoms with van der Waals surface area (Å²) in [5, 5.41) is 8.44. The van der Waals surface area contributed by atoms with Crippen LogP contribution < -0.4 is 39.2 Å². The van der Waals surface area contributed by atoms with E-state index < -0.39 is 18.3 Å². The molecule has 0 aliphatic rings. The van der Waals surface area contributed by atoms with E-state index in [1.807, 2.05) is 23.2 Å². The summed E-state index contributed by atoms with van der Waals surface area (Å²) in [6.45, 7) is 3.30. The fourth-order valence-corrected chi connectivity index (χ4v) is 4.95. The van der Waals surface area contributed by atoms with Crippen LogP contribution in [-0.4, -0.2) is 45.2 Å². The van der Waals surface area contributed by atoms with Gasteiger partial charge in [0.2, 0.25) is 0 Å². The van der Waals surface area contributed by atoms with Crippen molar-refractivity contribution in [2.75, 3.05) is 26.9 Å². The lowest BCUT2D eigenvalue weighted by atomic mass is 10.0. The number of unbranched alkanes of at least 4 members (excludes halogenated alkanes) is 15. The Bertz CT molecular complexity index is 723. The quantitative estimate of drug-likeness (QED) is 0.0984. The van der Waals surface area contributed by atoms with Gasteiger partial charge in [-0.25, -0.2) is 9.59 Å². The highest BCUT2D eigenvalue weighted by atomic mass is 127. The molecule has 1 aromatic heterocycles. The third-order valence-electron chi connectivity index (χ3n) is 6.70. The van der Waals surface area contributed by atoms with Gasteiger partial charge in [0.15, 0.2) is 6.20 Å². The third kappa shape index (κ3) is 22.3. The Morgan fingerprint density at radius 2 is 1.26 bits per heavy atom. The van der Waals surface area contributed by atoms with Crippen molar-refractivity contribution in [2.45, 2.75) is 122 Å². The van der Waals surface area contributed by atoms with Crippen LogP contribution in [0.1, 0.15) is 115 Å². The highest BCUT2D eigenvalue weighted by Crippen LogP contribution is 2.13. The van der Waals surface area contributed by atoms with Gasteiger partial charge in [-0.15, -0.1) is 0 Å². The number of nitrogens with zero attached hydrogens (tertiary/aromatic N) is 1. The van der Waals surface area contributed by atoms with Crippen LogP contribution in [0, 0.1) is 0 Å². The zero-order valence-corrected chi connectivity index (χ0v) is 27.6.